The highest BCUT2D eigenvalue weighted by Gasteiger charge is 2.18. The molecule has 0 aliphatic rings. The molecule has 0 fully saturated rings. The van der Waals surface area contributed by atoms with E-state index < -0.39 is 9.84 Å². The van der Waals surface area contributed by atoms with Gasteiger partial charge in [-0.25, -0.2) is 8.42 Å². The highest BCUT2D eigenvalue weighted by Crippen LogP contribution is 2.26. The van der Waals surface area contributed by atoms with E-state index in [4.69, 9.17) is 10.5 Å². The second kappa shape index (κ2) is 5.85. The summed E-state index contributed by atoms with van der Waals surface area (Å²) in [6.45, 7) is 0. The highest BCUT2D eigenvalue weighted by molar-refractivity contribution is 9.10. The molecule has 6 heteroatoms. The van der Waals surface area contributed by atoms with Crippen molar-refractivity contribution in [1.29, 1.82) is 0 Å². The van der Waals surface area contributed by atoms with Crippen molar-refractivity contribution in [3.05, 3.63) is 52.5 Å². The highest BCUT2D eigenvalue weighted by atomic mass is 79.9. The summed E-state index contributed by atoms with van der Waals surface area (Å²) in [5, 5.41) is 0. The molecule has 2 aromatic carbocycles. The lowest BCUT2D eigenvalue weighted by Crippen LogP contribution is -2.08. The summed E-state index contributed by atoms with van der Waals surface area (Å²) in [7, 11) is -1.90. The van der Waals surface area contributed by atoms with Gasteiger partial charge in [0, 0.05) is 4.47 Å². The van der Waals surface area contributed by atoms with Crippen LogP contribution in [-0.2, 0) is 15.6 Å². The van der Waals surface area contributed by atoms with Crippen LogP contribution in [0.1, 0.15) is 5.56 Å². The molecule has 0 saturated heterocycles. The molecule has 0 aliphatic heterocycles. The molecule has 0 bridgehead atoms. The van der Waals surface area contributed by atoms with Crippen molar-refractivity contribution in [2.45, 2.75) is 10.6 Å². The molecule has 0 aromatic heterocycles. The van der Waals surface area contributed by atoms with Crippen LogP contribution in [0.3, 0.4) is 0 Å². The minimum Gasteiger partial charge on any atom is -0.497 e. The molecule has 2 N–H and O–H groups in total. The molecule has 0 aliphatic carbocycles. The molecular formula is C14H14BrNO3S. The predicted octanol–water partition coefficient (Wildman–Crippen LogP) is 3.01. The largest absolute Gasteiger partial charge is 0.497 e. The van der Waals surface area contributed by atoms with E-state index in [-0.39, 0.29) is 16.3 Å². The average Bonchev–Trinajstić information content (AvgIpc) is 2.38. The molecule has 20 heavy (non-hydrogen) atoms. The number of rotatable bonds is 4. The Balaban J connectivity index is 2.30. The lowest BCUT2D eigenvalue weighted by atomic mass is 10.2. The Bertz CT molecular complexity index is 712. The lowest BCUT2D eigenvalue weighted by molar-refractivity contribution is 0.414. The number of nitrogen functional groups attached to an aromatic ring is 1. The maximum absolute atomic E-state index is 12.4. The van der Waals surface area contributed by atoms with Gasteiger partial charge in [0.1, 0.15) is 5.75 Å². The smallest absolute Gasteiger partial charge is 0.184 e. The summed E-state index contributed by atoms with van der Waals surface area (Å²) in [6, 6.07) is 11.7. The van der Waals surface area contributed by atoms with Crippen LogP contribution >= 0.6 is 15.9 Å². The number of hydrogen-bond donors (Lipinski definition) is 1. The van der Waals surface area contributed by atoms with Crippen molar-refractivity contribution >= 4 is 31.5 Å². The van der Waals surface area contributed by atoms with Crippen LogP contribution in [0.4, 0.5) is 5.69 Å². The third kappa shape index (κ3) is 3.32. The Kier molecular flexibility index (Phi) is 4.35. The van der Waals surface area contributed by atoms with Crippen molar-refractivity contribution in [1.82, 2.24) is 0 Å². The summed E-state index contributed by atoms with van der Waals surface area (Å²) in [5.41, 5.74) is 6.71. The summed E-state index contributed by atoms with van der Waals surface area (Å²) >= 11 is 3.26. The number of sulfone groups is 1. The van der Waals surface area contributed by atoms with E-state index in [9.17, 15) is 8.42 Å². The quantitative estimate of drug-likeness (QED) is 0.855. The van der Waals surface area contributed by atoms with E-state index in [2.05, 4.69) is 15.9 Å². The first-order valence-corrected chi connectivity index (χ1v) is 8.27. The monoisotopic (exact) mass is 355 g/mol. The summed E-state index contributed by atoms with van der Waals surface area (Å²) in [6.07, 6.45) is 0. The first-order chi connectivity index (χ1) is 9.42. The van der Waals surface area contributed by atoms with Crippen LogP contribution in [0.2, 0.25) is 0 Å². The van der Waals surface area contributed by atoms with E-state index in [0.717, 1.165) is 4.47 Å². The van der Waals surface area contributed by atoms with Gasteiger partial charge in [0.15, 0.2) is 9.84 Å². The topological polar surface area (TPSA) is 69.4 Å². The molecule has 0 unspecified atom stereocenters. The average molecular weight is 356 g/mol. The molecule has 0 radical (unpaired) electrons. The minimum absolute atomic E-state index is 0.0944. The Morgan fingerprint density at radius 2 is 1.80 bits per heavy atom. The van der Waals surface area contributed by atoms with Gasteiger partial charge in [-0.05, 0) is 35.9 Å². The molecular weight excluding hydrogens is 342 g/mol. The molecule has 0 amide bonds. The fraction of sp³-hybridized carbons (Fsp3) is 0.143. The maximum atomic E-state index is 12.4. The number of benzene rings is 2. The summed E-state index contributed by atoms with van der Waals surface area (Å²) in [4.78, 5) is 0.150. The van der Waals surface area contributed by atoms with Crippen LogP contribution in [0.25, 0.3) is 0 Å². The molecule has 2 rings (SSSR count). The van der Waals surface area contributed by atoms with E-state index in [1.54, 1.807) is 43.5 Å². The van der Waals surface area contributed by atoms with E-state index in [0.29, 0.717) is 11.3 Å². The zero-order valence-electron chi connectivity index (χ0n) is 10.8. The molecule has 106 valence electrons. The molecule has 4 nitrogen and oxygen atoms in total. The van der Waals surface area contributed by atoms with Gasteiger partial charge in [0.05, 0.1) is 23.4 Å². The van der Waals surface area contributed by atoms with Crippen molar-refractivity contribution < 1.29 is 13.2 Å². The van der Waals surface area contributed by atoms with Gasteiger partial charge in [0.2, 0.25) is 0 Å². The predicted molar refractivity (Wildman–Crippen MR) is 82.4 cm³/mol. The normalized spacial score (nSPS) is 11.3. The minimum atomic E-state index is -3.47. The first-order valence-electron chi connectivity index (χ1n) is 5.83. The first kappa shape index (κ1) is 14.9. The van der Waals surface area contributed by atoms with E-state index in [1.807, 2.05) is 0 Å². The number of halogens is 1. The third-order valence-electron chi connectivity index (χ3n) is 2.82. The van der Waals surface area contributed by atoms with Gasteiger partial charge < -0.3 is 10.5 Å². The van der Waals surface area contributed by atoms with Gasteiger partial charge in [-0.2, -0.15) is 0 Å². The Hall–Kier alpha value is -1.53. The summed E-state index contributed by atoms with van der Waals surface area (Å²) < 4.78 is 30.5. The number of nitrogens with two attached hydrogens (primary N) is 1. The second-order valence-electron chi connectivity index (χ2n) is 4.29. The van der Waals surface area contributed by atoms with Crippen molar-refractivity contribution in [2.24, 2.45) is 0 Å². The van der Waals surface area contributed by atoms with Crippen molar-refractivity contribution in [3.8, 4) is 5.75 Å². The fourth-order valence-electron chi connectivity index (χ4n) is 1.82. The summed E-state index contributed by atoms with van der Waals surface area (Å²) in [5.74, 6) is 0.595. The second-order valence-corrected chi connectivity index (χ2v) is 7.16. The Labute approximate surface area is 126 Å². The zero-order valence-corrected chi connectivity index (χ0v) is 13.2. The molecule has 0 atom stereocenters. The number of methoxy groups -OCH3 is 1. The van der Waals surface area contributed by atoms with Gasteiger partial charge in [-0.15, -0.1) is 0 Å². The SMILES string of the molecule is COc1ccc(CS(=O)(=O)c2ccc(Br)cc2N)cc1. The van der Waals surface area contributed by atoms with Crippen LogP contribution < -0.4 is 10.5 Å². The Morgan fingerprint density at radius 3 is 2.35 bits per heavy atom. The van der Waals surface area contributed by atoms with Crippen LogP contribution in [0, 0.1) is 0 Å². The van der Waals surface area contributed by atoms with Gasteiger partial charge >= 0.3 is 0 Å². The molecule has 0 spiro atoms. The zero-order chi connectivity index (χ0) is 14.8. The standard InChI is InChI=1S/C14H14BrNO3S/c1-19-12-5-2-10(3-6-12)9-20(17,18)14-7-4-11(15)8-13(14)16/h2-8H,9,16H2,1H3. The van der Waals surface area contributed by atoms with Crippen molar-refractivity contribution in [3.63, 3.8) is 0 Å². The lowest BCUT2D eigenvalue weighted by Gasteiger charge is -2.08. The molecule has 2 aromatic rings. The number of anilines is 1. The number of ether oxygens (including phenoxy) is 1. The van der Waals surface area contributed by atoms with Crippen LogP contribution in [0.5, 0.6) is 5.75 Å². The van der Waals surface area contributed by atoms with E-state index >= 15 is 0 Å². The number of hydrogen-bond acceptors (Lipinski definition) is 4. The van der Waals surface area contributed by atoms with Crippen LogP contribution in [-0.4, -0.2) is 15.5 Å². The van der Waals surface area contributed by atoms with E-state index in [1.165, 1.54) is 6.07 Å². The molecule has 0 saturated carbocycles. The third-order valence-corrected chi connectivity index (χ3v) is 5.07. The maximum Gasteiger partial charge on any atom is 0.184 e. The van der Waals surface area contributed by atoms with Crippen molar-refractivity contribution in [2.75, 3.05) is 12.8 Å². The van der Waals surface area contributed by atoms with Gasteiger partial charge in [0.25, 0.3) is 0 Å². The van der Waals surface area contributed by atoms with Gasteiger partial charge in [-0.3, -0.25) is 0 Å². The van der Waals surface area contributed by atoms with Crippen LogP contribution in [0.15, 0.2) is 51.8 Å². The van der Waals surface area contributed by atoms with Gasteiger partial charge in [-0.1, -0.05) is 28.1 Å². The fourth-order valence-corrected chi connectivity index (χ4v) is 3.68. The Morgan fingerprint density at radius 1 is 1.15 bits per heavy atom. The molecule has 0 heterocycles.